The Labute approximate surface area is 144 Å². The number of carbonyl (C=O) groups excluding carboxylic acids is 1. The van der Waals surface area contributed by atoms with Crippen molar-refractivity contribution in [2.45, 2.75) is 34.1 Å². The van der Waals surface area contributed by atoms with Crippen molar-refractivity contribution in [2.24, 2.45) is 5.92 Å². The Morgan fingerprint density at radius 1 is 1.17 bits per heavy atom. The lowest BCUT2D eigenvalue weighted by Gasteiger charge is -2.27. The van der Waals surface area contributed by atoms with Gasteiger partial charge >= 0.3 is 0 Å². The minimum absolute atomic E-state index is 0.120. The summed E-state index contributed by atoms with van der Waals surface area (Å²) in [5, 5.41) is 5.02. The van der Waals surface area contributed by atoms with E-state index in [-0.39, 0.29) is 5.91 Å². The first-order valence-electron chi connectivity index (χ1n) is 8.88. The average Bonchev–Trinajstić information content (AvgIpc) is 2.97. The lowest BCUT2D eigenvalue weighted by molar-refractivity contribution is -0.131. The number of likely N-dealkylation sites (N-methyl/N-ethyl adjacent to an activating group) is 1. The van der Waals surface area contributed by atoms with E-state index in [1.807, 2.05) is 29.2 Å². The summed E-state index contributed by atoms with van der Waals surface area (Å²) in [5.41, 5.74) is 1.46. The molecule has 0 radical (unpaired) electrons. The van der Waals surface area contributed by atoms with Gasteiger partial charge in [0.15, 0.2) is 5.58 Å². The fourth-order valence-corrected chi connectivity index (χ4v) is 2.88. The Bertz CT molecular complexity index is 647. The quantitative estimate of drug-likeness (QED) is 0.708. The Morgan fingerprint density at radius 2 is 1.88 bits per heavy atom. The highest BCUT2D eigenvalue weighted by atomic mass is 16.5. The van der Waals surface area contributed by atoms with Crippen LogP contribution in [0.4, 0.5) is 0 Å². The molecule has 0 atom stereocenters. The number of aromatic nitrogens is 1. The Morgan fingerprint density at radius 3 is 2.54 bits per heavy atom. The van der Waals surface area contributed by atoms with Crippen molar-refractivity contribution in [2.75, 3.05) is 32.7 Å². The van der Waals surface area contributed by atoms with Crippen LogP contribution in [-0.2, 0) is 11.2 Å². The number of amides is 1. The third-order valence-electron chi connectivity index (χ3n) is 4.29. The molecule has 132 valence electrons. The van der Waals surface area contributed by atoms with Crippen LogP contribution in [0.1, 0.15) is 33.4 Å². The predicted octanol–water partition coefficient (Wildman–Crippen LogP) is 3.20. The van der Waals surface area contributed by atoms with Crippen LogP contribution in [0.3, 0.4) is 0 Å². The van der Waals surface area contributed by atoms with E-state index in [9.17, 15) is 4.79 Å². The molecule has 0 aliphatic heterocycles. The number of hydrogen-bond donors (Lipinski definition) is 0. The number of rotatable bonds is 9. The molecule has 0 aliphatic carbocycles. The summed E-state index contributed by atoms with van der Waals surface area (Å²) in [7, 11) is 0. The number of benzene rings is 1. The molecule has 0 fully saturated rings. The maximum atomic E-state index is 12.8. The maximum Gasteiger partial charge on any atom is 0.228 e. The minimum Gasteiger partial charge on any atom is -0.356 e. The topological polar surface area (TPSA) is 49.6 Å². The van der Waals surface area contributed by atoms with Gasteiger partial charge in [0.1, 0.15) is 5.69 Å². The van der Waals surface area contributed by atoms with Crippen molar-refractivity contribution in [1.82, 2.24) is 15.0 Å². The number of carbonyl (C=O) groups is 1. The highest BCUT2D eigenvalue weighted by Gasteiger charge is 2.19. The number of para-hydroxylation sites is 1. The summed E-state index contributed by atoms with van der Waals surface area (Å²) in [5.74, 6) is 0.564. The van der Waals surface area contributed by atoms with E-state index < -0.39 is 0 Å². The lowest BCUT2D eigenvalue weighted by atomic mass is 10.1. The molecule has 0 unspecified atom stereocenters. The summed E-state index contributed by atoms with van der Waals surface area (Å²) in [6, 6.07) is 7.69. The van der Waals surface area contributed by atoms with Crippen molar-refractivity contribution < 1.29 is 9.32 Å². The molecule has 1 aromatic heterocycles. The van der Waals surface area contributed by atoms with E-state index in [4.69, 9.17) is 4.52 Å². The molecule has 0 saturated heterocycles. The van der Waals surface area contributed by atoms with Gasteiger partial charge in [-0.2, -0.15) is 0 Å². The molecule has 1 heterocycles. The van der Waals surface area contributed by atoms with E-state index in [0.29, 0.717) is 12.3 Å². The molecule has 5 heteroatoms. The second-order valence-electron chi connectivity index (χ2n) is 6.56. The van der Waals surface area contributed by atoms with Crippen LogP contribution in [0.15, 0.2) is 28.8 Å². The third-order valence-corrected chi connectivity index (χ3v) is 4.29. The zero-order valence-corrected chi connectivity index (χ0v) is 15.3. The molecule has 24 heavy (non-hydrogen) atoms. The normalized spacial score (nSPS) is 11.6. The van der Waals surface area contributed by atoms with E-state index in [0.717, 1.165) is 49.4 Å². The van der Waals surface area contributed by atoms with Gasteiger partial charge in [0.25, 0.3) is 0 Å². The van der Waals surface area contributed by atoms with Crippen LogP contribution in [0.25, 0.3) is 11.0 Å². The van der Waals surface area contributed by atoms with Gasteiger partial charge in [-0.1, -0.05) is 45.0 Å². The van der Waals surface area contributed by atoms with Gasteiger partial charge in [-0.05, 0) is 31.1 Å². The minimum atomic E-state index is 0.120. The Hall–Kier alpha value is -1.88. The van der Waals surface area contributed by atoms with E-state index in [2.05, 4.69) is 37.8 Å². The first kappa shape index (κ1) is 18.5. The summed E-state index contributed by atoms with van der Waals surface area (Å²) < 4.78 is 5.31. The number of nitrogens with zero attached hydrogens (tertiary/aromatic N) is 3. The highest BCUT2D eigenvalue weighted by molar-refractivity contribution is 5.86. The zero-order chi connectivity index (χ0) is 17.5. The average molecular weight is 331 g/mol. The fourth-order valence-electron chi connectivity index (χ4n) is 2.88. The van der Waals surface area contributed by atoms with Gasteiger partial charge < -0.3 is 14.3 Å². The monoisotopic (exact) mass is 331 g/mol. The second kappa shape index (κ2) is 8.83. The Kier molecular flexibility index (Phi) is 6.79. The van der Waals surface area contributed by atoms with Crippen LogP contribution >= 0.6 is 0 Å². The molecular formula is C19H29N3O2. The maximum absolute atomic E-state index is 12.8. The molecule has 0 bridgehead atoms. The number of fused-ring (bicyclic) bond motifs is 1. The van der Waals surface area contributed by atoms with Crippen LogP contribution in [0.5, 0.6) is 0 Å². The summed E-state index contributed by atoms with van der Waals surface area (Å²) >= 11 is 0. The van der Waals surface area contributed by atoms with Crippen molar-refractivity contribution >= 4 is 16.9 Å². The van der Waals surface area contributed by atoms with Gasteiger partial charge in [-0.15, -0.1) is 0 Å². The molecule has 2 rings (SSSR count). The molecule has 0 N–H and O–H groups in total. The van der Waals surface area contributed by atoms with Crippen molar-refractivity contribution in [3.8, 4) is 0 Å². The molecule has 0 saturated carbocycles. The summed E-state index contributed by atoms with van der Waals surface area (Å²) in [6.07, 6.45) is 0.294. The van der Waals surface area contributed by atoms with Crippen molar-refractivity contribution in [3.05, 3.63) is 30.0 Å². The SMILES string of the molecule is CCN(CC)CCN(CC(C)C)C(=O)Cc1noc2ccccc12. The van der Waals surface area contributed by atoms with Gasteiger partial charge in [-0.25, -0.2) is 0 Å². The van der Waals surface area contributed by atoms with Gasteiger partial charge in [0.2, 0.25) is 5.91 Å². The van der Waals surface area contributed by atoms with E-state index in [1.54, 1.807) is 0 Å². The van der Waals surface area contributed by atoms with E-state index in [1.165, 1.54) is 0 Å². The van der Waals surface area contributed by atoms with Crippen molar-refractivity contribution in [3.63, 3.8) is 0 Å². The van der Waals surface area contributed by atoms with Gasteiger partial charge in [-0.3, -0.25) is 4.79 Å². The molecule has 1 aromatic carbocycles. The molecule has 0 spiro atoms. The van der Waals surface area contributed by atoms with Crippen LogP contribution in [0.2, 0.25) is 0 Å². The van der Waals surface area contributed by atoms with Crippen LogP contribution in [0, 0.1) is 5.92 Å². The fraction of sp³-hybridized carbons (Fsp3) is 0.579. The van der Waals surface area contributed by atoms with Crippen LogP contribution < -0.4 is 0 Å². The van der Waals surface area contributed by atoms with Crippen molar-refractivity contribution in [1.29, 1.82) is 0 Å². The molecular weight excluding hydrogens is 302 g/mol. The van der Waals surface area contributed by atoms with Gasteiger partial charge in [0.05, 0.1) is 6.42 Å². The van der Waals surface area contributed by atoms with Gasteiger partial charge in [0, 0.05) is 25.0 Å². The van der Waals surface area contributed by atoms with E-state index >= 15 is 0 Å². The zero-order valence-electron chi connectivity index (χ0n) is 15.3. The first-order chi connectivity index (χ1) is 11.5. The number of hydrogen-bond acceptors (Lipinski definition) is 4. The summed E-state index contributed by atoms with van der Waals surface area (Å²) in [6.45, 7) is 13.0. The molecule has 2 aromatic rings. The molecule has 1 amide bonds. The molecule has 0 aliphatic rings. The second-order valence-corrected chi connectivity index (χ2v) is 6.56. The summed E-state index contributed by atoms with van der Waals surface area (Å²) in [4.78, 5) is 17.1. The Balaban J connectivity index is 2.06. The largest absolute Gasteiger partial charge is 0.356 e. The molecule has 5 nitrogen and oxygen atoms in total. The smallest absolute Gasteiger partial charge is 0.228 e. The third kappa shape index (κ3) is 4.81. The lowest BCUT2D eigenvalue weighted by Crippen LogP contribution is -2.41. The highest BCUT2D eigenvalue weighted by Crippen LogP contribution is 2.19. The standard InChI is InChI=1S/C19H29N3O2/c1-5-21(6-2)11-12-22(14-15(3)4)19(23)13-17-16-9-7-8-10-18(16)24-20-17/h7-10,15H,5-6,11-14H2,1-4H3. The first-order valence-corrected chi connectivity index (χ1v) is 8.88. The predicted molar refractivity (Wildman–Crippen MR) is 96.9 cm³/mol. The van der Waals surface area contributed by atoms with Crippen LogP contribution in [-0.4, -0.2) is 53.6 Å².